The molecular weight excluding hydrogens is 532 g/mol. The lowest BCUT2D eigenvalue weighted by atomic mass is 9.97. The van der Waals surface area contributed by atoms with E-state index in [1.54, 1.807) is 11.3 Å². The molecular formula is C38H22N2OS. The van der Waals surface area contributed by atoms with Gasteiger partial charge in [0.05, 0.1) is 21.8 Å². The van der Waals surface area contributed by atoms with E-state index < -0.39 is 0 Å². The second kappa shape index (κ2) is 9.10. The summed E-state index contributed by atoms with van der Waals surface area (Å²) in [5, 5.41) is 7.06. The lowest BCUT2D eigenvalue weighted by Crippen LogP contribution is -1.91. The summed E-state index contributed by atoms with van der Waals surface area (Å²) in [7, 11) is 0. The van der Waals surface area contributed by atoms with Gasteiger partial charge in [0.2, 0.25) is 0 Å². The van der Waals surface area contributed by atoms with Gasteiger partial charge in [-0.05, 0) is 53.2 Å². The van der Waals surface area contributed by atoms with Gasteiger partial charge in [-0.2, -0.15) is 0 Å². The maximum atomic E-state index is 6.65. The molecule has 0 aliphatic rings. The normalized spacial score (nSPS) is 11.8. The van der Waals surface area contributed by atoms with E-state index in [0.717, 1.165) is 60.4 Å². The maximum absolute atomic E-state index is 6.65. The van der Waals surface area contributed by atoms with E-state index in [-0.39, 0.29) is 0 Å². The van der Waals surface area contributed by atoms with Crippen LogP contribution in [0.2, 0.25) is 0 Å². The lowest BCUT2D eigenvalue weighted by Gasteiger charge is -2.11. The van der Waals surface area contributed by atoms with Crippen LogP contribution in [0.25, 0.3) is 86.7 Å². The molecule has 0 N–H and O–H groups in total. The maximum Gasteiger partial charge on any atom is 0.145 e. The molecule has 0 atom stereocenters. The van der Waals surface area contributed by atoms with Crippen LogP contribution in [0.1, 0.15) is 0 Å². The van der Waals surface area contributed by atoms with Crippen molar-refractivity contribution in [2.45, 2.75) is 0 Å². The van der Waals surface area contributed by atoms with Gasteiger partial charge in [0.15, 0.2) is 0 Å². The van der Waals surface area contributed by atoms with Crippen LogP contribution in [0, 0.1) is 0 Å². The first-order chi connectivity index (χ1) is 20.8. The third-order valence-electron chi connectivity index (χ3n) is 8.11. The molecule has 3 nitrogen and oxygen atoms in total. The van der Waals surface area contributed by atoms with Gasteiger partial charge in [0, 0.05) is 49.1 Å². The molecule has 0 saturated heterocycles. The van der Waals surface area contributed by atoms with Crippen LogP contribution in [0.4, 0.5) is 0 Å². The van der Waals surface area contributed by atoms with Crippen molar-refractivity contribution in [1.29, 1.82) is 0 Å². The molecule has 9 aromatic rings. The standard InChI is InChI=1S/C38H22N2OS/c1-2-13-26-23(10-1)21-30(37-35(26)28-15-3-5-17-33(28)41-37)36-38-29(27-14-4-6-18-34(27)42-38)22-32(40-36)25-12-9-11-24(20-25)31-16-7-8-19-39-31/h1-22H. The predicted octanol–water partition coefficient (Wildman–Crippen LogP) is 10.9. The van der Waals surface area contributed by atoms with Gasteiger partial charge in [-0.1, -0.05) is 84.9 Å². The van der Waals surface area contributed by atoms with Crippen LogP contribution in [-0.2, 0) is 0 Å². The number of hydrogen-bond donors (Lipinski definition) is 0. The van der Waals surface area contributed by atoms with E-state index in [4.69, 9.17) is 9.40 Å². The molecule has 0 spiro atoms. The zero-order chi connectivity index (χ0) is 27.6. The van der Waals surface area contributed by atoms with Crippen molar-refractivity contribution in [3.63, 3.8) is 0 Å². The Labute approximate surface area is 245 Å². The Hall–Kier alpha value is -5.32. The Kier molecular flexibility index (Phi) is 5.07. The SMILES string of the molecule is c1ccc(-c2cccc(-c3cc4c(sc5ccccc54)c(-c4cc5ccccc5c5c4oc4ccccc45)n3)c2)nc1. The molecule has 0 aliphatic carbocycles. The third-order valence-corrected chi connectivity index (χ3v) is 9.30. The van der Waals surface area contributed by atoms with Gasteiger partial charge >= 0.3 is 0 Å². The molecule has 9 rings (SSSR count). The van der Waals surface area contributed by atoms with Crippen LogP contribution >= 0.6 is 11.3 Å². The molecule has 0 fully saturated rings. The highest BCUT2D eigenvalue weighted by atomic mass is 32.1. The number of thiophene rings is 1. The van der Waals surface area contributed by atoms with E-state index >= 15 is 0 Å². The van der Waals surface area contributed by atoms with Crippen molar-refractivity contribution in [3.8, 4) is 33.8 Å². The zero-order valence-corrected chi connectivity index (χ0v) is 23.2. The molecule has 4 heteroatoms. The van der Waals surface area contributed by atoms with Crippen LogP contribution in [-0.4, -0.2) is 9.97 Å². The molecule has 0 radical (unpaired) electrons. The number of benzene rings is 5. The molecule has 5 aromatic carbocycles. The summed E-state index contributed by atoms with van der Waals surface area (Å²) in [6.45, 7) is 0. The molecule has 0 aliphatic heterocycles. The Morgan fingerprint density at radius 3 is 2.21 bits per heavy atom. The van der Waals surface area contributed by atoms with Gasteiger partial charge in [-0.3, -0.25) is 4.98 Å². The molecule has 196 valence electrons. The zero-order valence-electron chi connectivity index (χ0n) is 22.4. The summed E-state index contributed by atoms with van der Waals surface area (Å²) >= 11 is 1.79. The summed E-state index contributed by atoms with van der Waals surface area (Å²) in [6, 6.07) is 44.5. The lowest BCUT2D eigenvalue weighted by molar-refractivity contribution is 0.670. The minimum atomic E-state index is 0.876. The van der Waals surface area contributed by atoms with Crippen molar-refractivity contribution >= 4 is 64.2 Å². The highest BCUT2D eigenvalue weighted by molar-refractivity contribution is 7.26. The minimum absolute atomic E-state index is 0.876. The van der Waals surface area contributed by atoms with E-state index in [2.05, 4.69) is 108 Å². The van der Waals surface area contributed by atoms with Gasteiger partial charge < -0.3 is 4.42 Å². The Bertz CT molecular complexity index is 2470. The largest absolute Gasteiger partial charge is 0.455 e. The minimum Gasteiger partial charge on any atom is -0.455 e. The Balaban J connectivity index is 1.40. The van der Waals surface area contributed by atoms with Crippen LogP contribution in [0.15, 0.2) is 138 Å². The number of hydrogen-bond acceptors (Lipinski definition) is 4. The monoisotopic (exact) mass is 554 g/mol. The van der Waals surface area contributed by atoms with Crippen molar-refractivity contribution < 1.29 is 4.42 Å². The summed E-state index contributed by atoms with van der Waals surface area (Å²) in [4.78, 5) is 10.0. The van der Waals surface area contributed by atoms with E-state index in [1.807, 2.05) is 30.5 Å². The van der Waals surface area contributed by atoms with Crippen molar-refractivity contribution in [3.05, 3.63) is 134 Å². The quantitative estimate of drug-likeness (QED) is 0.218. The summed E-state index contributed by atoms with van der Waals surface area (Å²) in [6.07, 6.45) is 1.83. The number of fused-ring (bicyclic) bond motifs is 8. The fourth-order valence-electron chi connectivity index (χ4n) is 6.18. The fourth-order valence-corrected chi connectivity index (χ4v) is 7.36. The summed E-state index contributed by atoms with van der Waals surface area (Å²) in [5.74, 6) is 0. The van der Waals surface area contributed by atoms with E-state index in [0.29, 0.717) is 0 Å². The molecule has 0 unspecified atom stereocenters. The first-order valence-corrected chi connectivity index (χ1v) is 14.8. The van der Waals surface area contributed by atoms with E-state index in [9.17, 15) is 0 Å². The smallest absolute Gasteiger partial charge is 0.145 e. The van der Waals surface area contributed by atoms with Crippen molar-refractivity contribution in [2.24, 2.45) is 0 Å². The topological polar surface area (TPSA) is 38.9 Å². The number of aromatic nitrogens is 2. The third kappa shape index (κ3) is 3.52. The second-order valence-electron chi connectivity index (χ2n) is 10.6. The number of nitrogens with zero attached hydrogens (tertiary/aromatic N) is 2. The van der Waals surface area contributed by atoms with Crippen LogP contribution < -0.4 is 0 Å². The van der Waals surface area contributed by atoms with Gasteiger partial charge in [-0.25, -0.2) is 4.98 Å². The number of rotatable bonds is 3. The first-order valence-electron chi connectivity index (χ1n) is 14.0. The average molecular weight is 555 g/mol. The summed E-state index contributed by atoms with van der Waals surface area (Å²) < 4.78 is 9.06. The number of para-hydroxylation sites is 1. The number of pyridine rings is 2. The molecule has 42 heavy (non-hydrogen) atoms. The first kappa shape index (κ1) is 23.4. The van der Waals surface area contributed by atoms with Crippen LogP contribution in [0.5, 0.6) is 0 Å². The molecule has 0 bridgehead atoms. The van der Waals surface area contributed by atoms with Crippen LogP contribution in [0.3, 0.4) is 0 Å². The van der Waals surface area contributed by atoms with Crippen molar-refractivity contribution in [2.75, 3.05) is 0 Å². The second-order valence-corrected chi connectivity index (χ2v) is 11.6. The predicted molar refractivity (Wildman–Crippen MR) is 176 cm³/mol. The Morgan fingerprint density at radius 2 is 1.33 bits per heavy atom. The molecule has 4 heterocycles. The average Bonchev–Trinajstić information content (AvgIpc) is 3.64. The fraction of sp³-hybridized carbons (Fsp3) is 0. The van der Waals surface area contributed by atoms with Gasteiger partial charge in [0.1, 0.15) is 11.2 Å². The van der Waals surface area contributed by atoms with Crippen molar-refractivity contribution in [1.82, 2.24) is 9.97 Å². The molecule has 0 amide bonds. The molecule has 0 saturated carbocycles. The molecule has 4 aromatic heterocycles. The number of furan rings is 1. The Morgan fingerprint density at radius 1 is 0.571 bits per heavy atom. The summed E-state index contributed by atoms with van der Waals surface area (Å²) in [5.41, 5.74) is 7.71. The highest BCUT2D eigenvalue weighted by Crippen LogP contribution is 2.46. The van der Waals surface area contributed by atoms with Gasteiger partial charge in [0.25, 0.3) is 0 Å². The van der Waals surface area contributed by atoms with Gasteiger partial charge in [-0.15, -0.1) is 11.3 Å². The highest BCUT2D eigenvalue weighted by Gasteiger charge is 2.21. The van der Waals surface area contributed by atoms with E-state index in [1.165, 1.54) is 26.2 Å².